The normalized spacial score (nSPS) is 15.5. The number of hydrogen-bond donors (Lipinski definition) is 1. The van der Waals surface area contributed by atoms with Gasteiger partial charge in [-0.25, -0.2) is 15.3 Å². The molecule has 3 aromatic rings. The van der Waals surface area contributed by atoms with E-state index in [2.05, 4.69) is 67.9 Å². The standard InChI is InChI=1S/C22H20N2O/c1-16-8-12-19(13-9-16)22(20-14-10-17(2)11-15-20)23-21(24-25-22)18-6-4-3-5-7-18/h3-15H,1-2H3,(H,23,24). The molecule has 0 aromatic heterocycles. The van der Waals surface area contributed by atoms with Crippen molar-refractivity contribution < 1.29 is 4.84 Å². The molecule has 1 heterocycles. The number of hydroxylamine groups is 1. The summed E-state index contributed by atoms with van der Waals surface area (Å²) in [6.07, 6.45) is 0. The molecule has 0 bridgehead atoms. The van der Waals surface area contributed by atoms with Crippen molar-refractivity contribution in [1.82, 2.24) is 5.48 Å². The molecule has 0 fully saturated rings. The lowest BCUT2D eigenvalue weighted by Crippen LogP contribution is -2.29. The van der Waals surface area contributed by atoms with Gasteiger partial charge in [0.2, 0.25) is 5.72 Å². The molecule has 0 radical (unpaired) electrons. The average Bonchev–Trinajstić information content (AvgIpc) is 3.10. The first-order valence-corrected chi connectivity index (χ1v) is 8.41. The smallest absolute Gasteiger partial charge is 0.238 e. The molecule has 1 N–H and O–H groups in total. The molecule has 3 aromatic carbocycles. The van der Waals surface area contributed by atoms with Crippen LogP contribution >= 0.6 is 0 Å². The zero-order valence-electron chi connectivity index (χ0n) is 14.4. The van der Waals surface area contributed by atoms with E-state index in [9.17, 15) is 0 Å². The summed E-state index contributed by atoms with van der Waals surface area (Å²) in [5.74, 6) is 0.738. The van der Waals surface area contributed by atoms with Crippen molar-refractivity contribution in [3.8, 4) is 0 Å². The number of aryl methyl sites for hydroxylation is 2. The predicted molar refractivity (Wildman–Crippen MR) is 100 cm³/mol. The van der Waals surface area contributed by atoms with Crippen molar-refractivity contribution in [3.05, 3.63) is 107 Å². The number of nitrogens with one attached hydrogen (secondary N) is 1. The van der Waals surface area contributed by atoms with Crippen LogP contribution in [0.3, 0.4) is 0 Å². The average molecular weight is 328 g/mol. The summed E-state index contributed by atoms with van der Waals surface area (Å²) < 4.78 is 0. The fourth-order valence-electron chi connectivity index (χ4n) is 3.02. The minimum atomic E-state index is -0.882. The lowest BCUT2D eigenvalue weighted by atomic mass is 9.93. The third-order valence-corrected chi connectivity index (χ3v) is 4.50. The van der Waals surface area contributed by atoms with E-state index in [4.69, 9.17) is 9.83 Å². The van der Waals surface area contributed by atoms with E-state index in [0.29, 0.717) is 0 Å². The molecule has 0 atom stereocenters. The SMILES string of the molecule is Cc1ccc(C2(c3ccc(C)cc3)N=C(c3ccccc3)NO2)cc1. The Labute approximate surface area is 148 Å². The Morgan fingerprint density at radius 3 is 1.76 bits per heavy atom. The number of benzene rings is 3. The largest absolute Gasteiger partial charge is 0.245 e. The zero-order valence-corrected chi connectivity index (χ0v) is 14.4. The van der Waals surface area contributed by atoms with Gasteiger partial charge in [-0.3, -0.25) is 0 Å². The number of aliphatic imine (C=N–C) groups is 1. The molecule has 0 saturated carbocycles. The zero-order chi connectivity index (χ0) is 17.3. The van der Waals surface area contributed by atoms with E-state index in [-0.39, 0.29) is 0 Å². The van der Waals surface area contributed by atoms with Crippen LogP contribution in [0.5, 0.6) is 0 Å². The third-order valence-electron chi connectivity index (χ3n) is 4.50. The maximum atomic E-state index is 6.11. The van der Waals surface area contributed by atoms with Gasteiger partial charge in [-0.1, -0.05) is 90.0 Å². The third kappa shape index (κ3) is 2.83. The van der Waals surface area contributed by atoms with Gasteiger partial charge in [0.1, 0.15) is 0 Å². The van der Waals surface area contributed by atoms with Crippen molar-refractivity contribution in [2.45, 2.75) is 19.6 Å². The van der Waals surface area contributed by atoms with Crippen LogP contribution in [0.2, 0.25) is 0 Å². The Morgan fingerprint density at radius 1 is 0.720 bits per heavy atom. The topological polar surface area (TPSA) is 33.6 Å². The first-order valence-electron chi connectivity index (χ1n) is 8.41. The summed E-state index contributed by atoms with van der Waals surface area (Å²) in [5, 5.41) is 0. The fraction of sp³-hybridized carbons (Fsp3) is 0.136. The second-order valence-electron chi connectivity index (χ2n) is 6.41. The molecule has 4 rings (SSSR count). The summed E-state index contributed by atoms with van der Waals surface area (Å²) in [6.45, 7) is 4.16. The Kier molecular flexibility index (Phi) is 3.86. The van der Waals surface area contributed by atoms with Crippen LogP contribution in [0.15, 0.2) is 83.9 Å². The van der Waals surface area contributed by atoms with Gasteiger partial charge in [-0.15, -0.1) is 0 Å². The van der Waals surface area contributed by atoms with Gasteiger partial charge in [-0.2, -0.15) is 0 Å². The van der Waals surface area contributed by atoms with Gasteiger partial charge in [0.15, 0.2) is 5.84 Å². The predicted octanol–water partition coefficient (Wildman–Crippen LogP) is 4.49. The van der Waals surface area contributed by atoms with E-state index in [1.165, 1.54) is 11.1 Å². The minimum Gasteiger partial charge on any atom is -0.245 e. The van der Waals surface area contributed by atoms with Crippen molar-refractivity contribution in [2.24, 2.45) is 4.99 Å². The van der Waals surface area contributed by atoms with E-state index in [1.54, 1.807) is 0 Å². The van der Waals surface area contributed by atoms with Gasteiger partial charge in [-0.05, 0) is 13.8 Å². The monoisotopic (exact) mass is 328 g/mol. The molecule has 0 spiro atoms. The molecule has 0 amide bonds. The van der Waals surface area contributed by atoms with E-state index in [0.717, 1.165) is 22.5 Å². The lowest BCUT2D eigenvalue weighted by Gasteiger charge is -2.25. The molecule has 0 saturated heterocycles. The van der Waals surface area contributed by atoms with Crippen LogP contribution in [0.4, 0.5) is 0 Å². The Balaban J connectivity index is 1.87. The highest BCUT2D eigenvalue weighted by molar-refractivity contribution is 5.99. The molecule has 124 valence electrons. The Bertz CT molecular complexity index is 852. The summed E-state index contributed by atoms with van der Waals surface area (Å²) >= 11 is 0. The lowest BCUT2D eigenvalue weighted by molar-refractivity contribution is -0.0286. The fourth-order valence-corrected chi connectivity index (χ4v) is 3.02. The Hall–Kier alpha value is -2.91. The number of hydrogen-bond acceptors (Lipinski definition) is 3. The molecule has 25 heavy (non-hydrogen) atoms. The molecule has 0 aliphatic carbocycles. The van der Waals surface area contributed by atoms with Gasteiger partial charge < -0.3 is 0 Å². The summed E-state index contributed by atoms with van der Waals surface area (Å²) in [7, 11) is 0. The molecular formula is C22H20N2O. The van der Waals surface area contributed by atoms with Crippen LogP contribution in [0.25, 0.3) is 0 Å². The second-order valence-corrected chi connectivity index (χ2v) is 6.41. The van der Waals surface area contributed by atoms with Crippen LogP contribution in [0, 0.1) is 13.8 Å². The van der Waals surface area contributed by atoms with Crippen molar-refractivity contribution in [3.63, 3.8) is 0 Å². The molecular weight excluding hydrogens is 308 g/mol. The van der Waals surface area contributed by atoms with Crippen molar-refractivity contribution >= 4 is 5.84 Å². The van der Waals surface area contributed by atoms with Crippen LogP contribution in [-0.4, -0.2) is 5.84 Å². The maximum Gasteiger partial charge on any atom is 0.238 e. The number of amidine groups is 1. The molecule has 1 aliphatic heterocycles. The molecule has 3 nitrogen and oxygen atoms in total. The first kappa shape index (κ1) is 15.6. The summed E-state index contributed by atoms with van der Waals surface area (Å²) in [4.78, 5) is 11.1. The molecule has 0 unspecified atom stereocenters. The second kappa shape index (κ2) is 6.19. The van der Waals surface area contributed by atoms with Crippen LogP contribution in [-0.2, 0) is 10.6 Å². The van der Waals surface area contributed by atoms with Crippen molar-refractivity contribution in [2.75, 3.05) is 0 Å². The van der Waals surface area contributed by atoms with Crippen LogP contribution < -0.4 is 5.48 Å². The van der Waals surface area contributed by atoms with Gasteiger partial charge in [0, 0.05) is 16.7 Å². The molecule has 1 aliphatic rings. The molecule has 3 heteroatoms. The van der Waals surface area contributed by atoms with Gasteiger partial charge in [0.25, 0.3) is 0 Å². The van der Waals surface area contributed by atoms with E-state index < -0.39 is 5.72 Å². The summed E-state index contributed by atoms with van der Waals surface area (Å²) in [5.41, 5.74) is 7.58. The highest BCUT2D eigenvalue weighted by Crippen LogP contribution is 2.38. The van der Waals surface area contributed by atoms with Gasteiger partial charge >= 0.3 is 0 Å². The van der Waals surface area contributed by atoms with Crippen LogP contribution in [0.1, 0.15) is 27.8 Å². The quantitative estimate of drug-likeness (QED) is 0.769. The maximum absolute atomic E-state index is 6.11. The Morgan fingerprint density at radius 2 is 1.24 bits per heavy atom. The highest BCUT2D eigenvalue weighted by atomic mass is 16.7. The summed E-state index contributed by atoms with van der Waals surface area (Å²) in [6, 6.07) is 26.7. The minimum absolute atomic E-state index is 0.738. The number of rotatable bonds is 3. The van der Waals surface area contributed by atoms with Gasteiger partial charge in [0.05, 0.1) is 0 Å². The number of nitrogens with zero attached hydrogens (tertiary/aromatic N) is 1. The first-order chi connectivity index (χ1) is 12.2. The highest BCUT2D eigenvalue weighted by Gasteiger charge is 2.41. The van der Waals surface area contributed by atoms with E-state index in [1.807, 2.05) is 30.3 Å². The van der Waals surface area contributed by atoms with E-state index >= 15 is 0 Å². The van der Waals surface area contributed by atoms with Crippen molar-refractivity contribution in [1.29, 1.82) is 0 Å².